The number of hydrogen-bond acceptors (Lipinski definition) is 4. The summed E-state index contributed by atoms with van der Waals surface area (Å²) < 4.78 is 33.4. The Morgan fingerprint density at radius 2 is 2.10 bits per heavy atom. The second-order valence-corrected chi connectivity index (χ2v) is 7.84. The van der Waals surface area contributed by atoms with Gasteiger partial charge in [0.25, 0.3) is 0 Å². The van der Waals surface area contributed by atoms with Gasteiger partial charge in [0.15, 0.2) is 0 Å². The molecule has 1 aromatic rings. The molecule has 1 aliphatic rings. The predicted octanol–water partition coefficient (Wildman–Crippen LogP) is 2.25. The summed E-state index contributed by atoms with van der Waals surface area (Å²) >= 11 is 3.29. The van der Waals surface area contributed by atoms with Crippen LogP contribution < -0.4 is 15.2 Å². The molecule has 1 unspecified atom stereocenters. The van der Waals surface area contributed by atoms with Gasteiger partial charge in [-0.25, -0.2) is 13.1 Å². The van der Waals surface area contributed by atoms with Crippen LogP contribution in [0.25, 0.3) is 0 Å². The standard InChI is InChI=1S/C14H21BrN2O3S/c1-20-11-6-7-14(12(15)8-11)21(18,19)17-13(9-16)10-4-2-3-5-10/h6-8,10,13,17H,2-5,9,16H2,1H3. The molecule has 5 nitrogen and oxygen atoms in total. The van der Waals surface area contributed by atoms with E-state index in [4.69, 9.17) is 10.5 Å². The van der Waals surface area contributed by atoms with E-state index in [2.05, 4.69) is 20.7 Å². The normalized spacial score (nSPS) is 17.9. The van der Waals surface area contributed by atoms with Gasteiger partial charge in [0.1, 0.15) is 5.75 Å². The van der Waals surface area contributed by atoms with Crippen molar-refractivity contribution in [3.05, 3.63) is 22.7 Å². The highest BCUT2D eigenvalue weighted by molar-refractivity contribution is 9.10. The predicted molar refractivity (Wildman–Crippen MR) is 85.8 cm³/mol. The molecule has 118 valence electrons. The van der Waals surface area contributed by atoms with Crippen LogP contribution in [0.5, 0.6) is 5.75 Å². The highest BCUT2D eigenvalue weighted by Crippen LogP contribution is 2.30. The third-order valence-electron chi connectivity index (χ3n) is 3.96. The minimum Gasteiger partial charge on any atom is -0.497 e. The molecule has 0 heterocycles. The van der Waals surface area contributed by atoms with E-state index < -0.39 is 10.0 Å². The molecule has 0 spiro atoms. The SMILES string of the molecule is COc1ccc(S(=O)(=O)NC(CN)C2CCCC2)c(Br)c1. The third-order valence-corrected chi connectivity index (χ3v) is 6.42. The number of nitrogens with two attached hydrogens (primary N) is 1. The fraction of sp³-hybridized carbons (Fsp3) is 0.571. The maximum Gasteiger partial charge on any atom is 0.241 e. The first-order valence-electron chi connectivity index (χ1n) is 7.04. The van der Waals surface area contributed by atoms with Crippen molar-refractivity contribution in [2.24, 2.45) is 11.7 Å². The summed E-state index contributed by atoms with van der Waals surface area (Å²) in [5.41, 5.74) is 5.76. The summed E-state index contributed by atoms with van der Waals surface area (Å²) in [5.74, 6) is 0.939. The smallest absolute Gasteiger partial charge is 0.241 e. The molecule has 7 heteroatoms. The van der Waals surface area contributed by atoms with E-state index in [9.17, 15) is 8.42 Å². The Kier molecular flexibility index (Phi) is 5.65. The lowest BCUT2D eigenvalue weighted by Crippen LogP contribution is -2.44. The topological polar surface area (TPSA) is 81.4 Å². The Morgan fingerprint density at radius 3 is 2.62 bits per heavy atom. The van der Waals surface area contributed by atoms with E-state index in [1.54, 1.807) is 19.2 Å². The minimum absolute atomic E-state index is 0.202. The lowest BCUT2D eigenvalue weighted by Gasteiger charge is -2.23. The average Bonchev–Trinajstić information content (AvgIpc) is 2.98. The van der Waals surface area contributed by atoms with Gasteiger partial charge in [0.2, 0.25) is 10.0 Å². The number of benzene rings is 1. The lowest BCUT2D eigenvalue weighted by molar-refractivity contribution is 0.405. The fourth-order valence-electron chi connectivity index (χ4n) is 2.79. The maximum absolute atomic E-state index is 12.5. The Balaban J connectivity index is 2.20. The van der Waals surface area contributed by atoms with E-state index in [0.29, 0.717) is 22.7 Å². The van der Waals surface area contributed by atoms with Crippen LogP contribution in [0, 0.1) is 5.92 Å². The van der Waals surface area contributed by atoms with Gasteiger partial charge in [-0.1, -0.05) is 12.8 Å². The molecule has 1 saturated carbocycles. The van der Waals surface area contributed by atoms with Gasteiger partial charge in [-0.3, -0.25) is 0 Å². The number of halogens is 1. The second-order valence-electron chi connectivity index (χ2n) is 5.30. The van der Waals surface area contributed by atoms with Crippen LogP contribution in [0.3, 0.4) is 0 Å². The highest BCUT2D eigenvalue weighted by Gasteiger charge is 2.29. The molecular weight excluding hydrogens is 356 g/mol. The summed E-state index contributed by atoms with van der Waals surface area (Å²) in [7, 11) is -2.06. The molecular formula is C14H21BrN2O3S. The fourth-order valence-corrected chi connectivity index (χ4v) is 5.16. The van der Waals surface area contributed by atoms with Crippen LogP contribution in [-0.4, -0.2) is 28.1 Å². The van der Waals surface area contributed by atoms with Gasteiger partial charge < -0.3 is 10.5 Å². The van der Waals surface area contributed by atoms with Crippen LogP contribution in [-0.2, 0) is 10.0 Å². The lowest BCUT2D eigenvalue weighted by atomic mass is 9.99. The van der Waals surface area contributed by atoms with E-state index >= 15 is 0 Å². The molecule has 0 bridgehead atoms. The molecule has 1 fully saturated rings. The zero-order valence-corrected chi connectivity index (χ0v) is 14.4. The Labute approximate surface area is 134 Å². The summed E-state index contributed by atoms with van der Waals surface area (Å²) in [6, 6.07) is 4.60. The number of nitrogens with one attached hydrogen (secondary N) is 1. The first-order valence-corrected chi connectivity index (χ1v) is 9.31. The molecule has 2 rings (SSSR count). The maximum atomic E-state index is 12.5. The van der Waals surface area contributed by atoms with Crippen LogP contribution in [0.15, 0.2) is 27.6 Å². The number of sulfonamides is 1. The van der Waals surface area contributed by atoms with Gasteiger partial charge in [0, 0.05) is 17.1 Å². The van der Waals surface area contributed by atoms with Gasteiger partial charge in [-0.15, -0.1) is 0 Å². The zero-order chi connectivity index (χ0) is 15.5. The van der Waals surface area contributed by atoms with Crippen LogP contribution in [0.4, 0.5) is 0 Å². The van der Waals surface area contributed by atoms with E-state index in [0.717, 1.165) is 25.7 Å². The van der Waals surface area contributed by atoms with Crippen molar-refractivity contribution in [3.63, 3.8) is 0 Å². The van der Waals surface area contributed by atoms with Crippen molar-refractivity contribution in [2.75, 3.05) is 13.7 Å². The van der Waals surface area contributed by atoms with Crippen molar-refractivity contribution in [1.82, 2.24) is 4.72 Å². The first-order chi connectivity index (χ1) is 9.97. The van der Waals surface area contributed by atoms with Crippen molar-refractivity contribution in [3.8, 4) is 5.75 Å². The van der Waals surface area contributed by atoms with Crippen LogP contribution in [0.1, 0.15) is 25.7 Å². The first kappa shape index (κ1) is 16.7. The molecule has 1 aliphatic carbocycles. The minimum atomic E-state index is -3.60. The third kappa shape index (κ3) is 3.97. The molecule has 1 aromatic carbocycles. The van der Waals surface area contributed by atoms with Gasteiger partial charge in [-0.2, -0.15) is 0 Å². The molecule has 21 heavy (non-hydrogen) atoms. The summed E-state index contributed by atoms with van der Waals surface area (Å²) in [5, 5.41) is 0. The molecule has 1 atom stereocenters. The number of hydrogen-bond donors (Lipinski definition) is 2. The molecule has 0 saturated heterocycles. The second kappa shape index (κ2) is 7.09. The largest absolute Gasteiger partial charge is 0.497 e. The quantitative estimate of drug-likeness (QED) is 0.797. The molecule has 0 radical (unpaired) electrons. The monoisotopic (exact) mass is 376 g/mol. The number of rotatable bonds is 6. The number of methoxy groups -OCH3 is 1. The Bertz CT molecular complexity index is 586. The van der Waals surface area contributed by atoms with Crippen LogP contribution >= 0.6 is 15.9 Å². The van der Waals surface area contributed by atoms with Crippen molar-refractivity contribution in [1.29, 1.82) is 0 Å². The van der Waals surface area contributed by atoms with Crippen molar-refractivity contribution < 1.29 is 13.2 Å². The zero-order valence-electron chi connectivity index (χ0n) is 12.0. The van der Waals surface area contributed by atoms with Crippen molar-refractivity contribution >= 4 is 26.0 Å². The Hall–Kier alpha value is -0.630. The molecule has 0 aromatic heterocycles. The Morgan fingerprint density at radius 1 is 1.43 bits per heavy atom. The van der Waals surface area contributed by atoms with E-state index in [-0.39, 0.29) is 10.9 Å². The summed E-state index contributed by atoms with van der Waals surface area (Å²) in [6.45, 7) is 0.317. The van der Waals surface area contributed by atoms with Gasteiger partial charge in [-0.05, 0) is 52.9 Å². The van der Waals surface area contributed by atoms with E-state index in [1.807, 2.05) is 0 Å². The van der Waals surface area contributed by atoms with Gasteiger partial charge in [0.05, 0.1) is 12.0 Å². The molecule has 0 aliphatic heterocycles. The summed E-state index contributed by atoms with van der Waals surface area (Å²) in [6.07, 6.45) is 4.37. The molecule has 0 amide bonds. The number of ether oxygens (including phenoxy) is 1. The molecule has 3 N–H and O–H groups in total. The average molecular weight is 377 g/mol. The van der Waals surface area contributed by atoms with Gasteiger partial charge >= 0.3 is 0 Å². The van der Waals surface area contributed by atoms with Crippen molar-refractivity contribution in [2.45, 2.75) is 36.6 Å². The summed E-state index contributed by atoms with van der Waals surface area (Å²) in [4.78, 5) is 0.208. The highest BCUT2D eigenvalue weighted by atomic mass is 79.9. The van der Waals surface area contributed by atoms with E-state index in [1.165, 1.54) is 6.07 Å². The van der Waals surface area contributed by atoms with Crippen LogP contribution in [0.2, 0.25) is 0 Å².